The molecule has 21 heavy (non-hydrogen) atoms. The predicted molar refractivity (Wildman–Crippen MR) is 74.1 cm³/mol. The summed E-state index contributed by atoms with van der Waals surface area (Å²) in [7, 11) is 0. The largest absolute Gasteiger partial charge is 0.481 e. The van der Waals surface area contributed by atoms with Crippen LogP contribution in [0.1, 0.15) is 24.2 Å². The number of carboxylic acids is 1. The van der Waals surface area contributed by atoms with Crippen LogP contribution in [0.5, 0.6) is 0 Å². The molecular formula is C12H16N4O5. The van der Waals surface area contributed by atoms with Crippen LogP contribution in [0.25, 0.3) is 0 Å². The van der Waals surface area contributed by atoms with Crippen molar-refractivity contribution in [3.63, 3.8) is 0 Å². The van der Waals surface area contributed by atoms with Crippen molar-refractivity contribution in [2.75, 3.05) is 18.0 Å². The van der Waals surface area contributed by atoms with E-state index in [2.05, 4.69) is 4.98 Å². The lowest BCUT2D eigenvalue weighted by atomic mass is 10.1. The van der Waals surface area contributed by atoms with Gasteiger partial charge in [0.2, 0.25) is 0 Å². The summed E-state index contributed by atoms with van der Waals surface area (Å²) in [5.74, 6) is -2.40. The van der Waals surface area contributed by atoms with Crippen LogP contribution in [0.2, 0.25) is 0 Å². The average molecular weight is 296 g/mol. The van der Waals surface area contributed by atoms with Crippen molar-refractivity contribution in [2.24, 2.45) is 11.7 Å². The van der Waals surface area contributed by atoms with Crippen molar-refractivity contribution in [1.29, 1.82) is 0 Å². The highest BCUT2D eigenvalue weighted by Gasteiger charge is 2.22. The number of nitro groups is 1. The minimum atomic E-state index is -0.990. The molecule has 0 saturated carbocycles. The van der Waals surface area contributed by atoms with Crippen LogP contribution in [0.15, 0.2) is 12.3 Å². The SMILES string of the molecule is CCN(CC(C)C(=O)O)c1ncc([N+](=O)[O-])cc1C(N)=O. The summed E-state index contributed by atoms with van der Waals surface area (Å²) < 4.78 is 0. The number of aliphatic carboxylic acids is 1. The van der Waals surface area contributed by atoms with Gasteiger partial charge < -0.3 is 15.7 Å². The molecule has 1 unspecified atom stereocenters. The normalized spacial score (nSPS) is 11.7. The van der Waals surface area contributed by atoms with Gasteiger partial charge in [-0.2, -0.15) is 0 Å². The van der Waals surface area contributed by atoms with Gasteiger partial charge in [0.15, 0.2) is 0 Å². The van der Waals surface area contributed by atoms with Crippen molar-refractivity contribution in [3.8, 4) is 0 Å². The van der Waals surface area contributed by atoms with Crippen LogP contribution in [0.4, 0.5) is 11.5 Å². The number of amides is 1. The fourth-order valence-corrected chi connectivity index (χ4v) is 1.75. The van der Waals surface area contributed by atoms with E-state index in [-0.39, 0.29) is 23.6 Å². The third-order valence-electron chi connectivity index (χ3n) is 2.93. The van der Waals surface area contributed by atoms with Gasteiger partial charge in [-0.3, -0.25) is 19.7 Å². The van der Waals surface area contributed by atoms with E-state index < -0.39 is 22.7 Å². The number of aromatic nitrogens is 1. The standard InChI is InChI=1S/C12H16N4O5/c1-3-15(6-7(2)12(18)19)11-9(10(13)17)4-8(5-14-11)16(20)21/h4-5,7H,3,6H2,1-2H3,(H2,13,17)(H,18,19). The Bertz CT molecular complexity index is 575. The van der Waals surface area contributed by atoms with Crippen molar-refractivity contribution in [2.45, 2.75) is 13.8 Å². The van der Waals surface area contributed by atoms with Gasteiger partial charge in [-0.1, -0.05) is 6.92 Å². The topological polar surface area (TPSA) is 140 Å². The summed E-state index contributed by atoms with van der Waals surface area (Å²) in [6, 6.07) is 1.04. The minimum Gasteiger partial charge on any atom is -0.481 e. The molecule has 1 aromatic heterocycles. The number of carbonyl (C=O) groups is 2. The first-order valence-corrected chi connectivity index (χ1v) is 6.19. The van der Waals surface area contributed by atoms with E-state index in [1.807, 2.05) is 0 Å². The molecular weight excluding hydrogens is 280 g/mol. The second-order valence-electron chi connectivity index (χ2n) is 4.46. The number of hydrogen-bond acceptors (Lipinski definition) is 6. The summed E-state index contributed by atoms with van der Waals surface area (Å²) >= 11 is 0. The second-order valence-corrected chi connectivity index (χ2v) is 4.46. The van der Waals surface area contributed by atoms with Gasteiger partial charge in [-0.05, 0) is 6.92 Å². The molecule has 1 rings (SSSR count). The lowest BCUT2D eigenvalue weighted by Crippen LogP contribution is -2.34. The van der Waals surface area contributed by atoms with Gasteiger partial charge in [0, 0.05) is 19.2 Å². The molecule has 0 spiro atoms. The van der Waals surface area contributed by atoms with E-state index >= 15 is 0 Å². The maximum atomic E-state index is 11.5. The molecule has 1 atom stereocenters. The van der Waals surface area contributed by atoms with Crippen molar-refractivity contribution < 1.29 is 19.6 Å². The van der Waals surface area contributed by atoms with Crippen LogP contribution < -0.4 is 10.6 Å². The average Bonchev–Trinajstić information content (AvgIpc) is 2.43. The molecule has 0 radical (unpaired) electrons. The smallest absolute Gasteiger partial charge is 0.308 e. The van der Waals surface area contributed by atoms with Gasteiger partial charge in [0.1, 0.15) is 12.0 Å². The Balaban J connectivity index is 3.22. The Hall–Kier alpha value is -2.71. The zero-order valence-corrected chi connectivity index (χ0v) is 11.6. The lowest BCUT2D eigenvalue weighted by Gasteiger charge is -2.25. The Morgan fingerprint density at radius 3 is 2.62 bits per heavy atom. The molecule has 1 amide bonds. The molecule has 0 fully saturated rings. The summed E-state index contributed by atoms with van der Waals surface area (Å²) in [5, 5.41) is 19.7. The lowest BCUT2D eigenvalue weighted by molar-refractivity contribution is -0.385. The van der Waals surface area contributed by atoms with Gasteiger partial charge in [0.05, 0.1) is 16.4 Å². The third kappa shape index (κ3) is 3.88. The number of carbonyl (C=O) groups excluding carboxylic acids is 1. The van der Waals surface area contributed by atoms with E-state index in [1.54, 1.807) is 11.8 Å². The van der Waals surface area contributed by atoms with Crippen LogP contribution in [-0.4, -0.2) is 40.0 Å². The fourth-order valence-electron chi connectivity index (χ4n) is 1.75. The molecule has 0 aromatic carbocycles. The van der Waals surface area contributed by atoms with E-state index in [0.717, 1.165) is 12.3 Å². The Morgan fingerprint density at radius 2 is 2.19 bits per heavy atom. The molecule has 1 aromatic rings. The van der Waals surface area contributed by atoms with E-state index in [4.69, 9.17) is 10.8 Å². The van der Waals surface area contributed by atoms with Crippen LogP contribution >= 0.6 is 0 Å². The molecule has 3 N–H and O–H groups in total. The molecule has 9 heteroatoms. The zero-order valence-electron chi connectivity index (χ0n) is 11.6. The number of primary amides is 1. The van der Waals surface area contributed by atoms with Crippen LogP contribution in [0, 0.1) is 16.0 Å². The van der Waals surface area contributed by atoms with Crippen molar-refractivity contribution in [1.82, 2.24) is 4.98 Å². The second kappa shape index (κ2) is 6.64. The minimum absolute atomic E-state index is 0.108. The summed E-state index contributed by atoms with van der Waals surface area (Å²) in [5.41, 5.74) is 4.76. The van der Waals surface area contributed by atoms with Crippen LogP contribution in [0.3, 0.4) is 0 Å². The molecule has 9 nitrogen and oxygen atoms in total. The number of pyridine rings is 1. The van der Waals surface area contributed by atoms with Crippen molar-refractivity contribution in [3.05, 3.63) is 27.9 Å². The molecule has 0 aliphatic heterocycles. The number of anilines is 1. The Labute approximate surface area is 120 Å². The number of hydrogen-bond donors (Lipinski definition) is 2. The highest BCUT2D eigenvalue weighted by molar-refractivity contribution is 5.98. The monoisotopic (exact) mass is 296 g/mol. The van der Waals surface area contributed by atoms with Gasteiger partial charge in [-0.15, -0.1) is 0 Å². The molecule has 0 saturated heterocycles. The maximum absolute atomic E-state index is 11.5. The Kier molecular flexibility index (Phi) is 5.17. The quantitative estimate of drug-likeness (QED) is 0.555. The molecule has 0 bridgehead atoms. The predicted octanol–water partition coefficient (Wildman–Crippen LogP) is 0.636. The molecule has 0 aliphatic rings. The fraction of sp³-hybridized carbons (Fsp3) is 0.417. The van der Waals surface area contributed by atoms with E-state index in [0.29, 0.717) is 6.54 Å². The Morgan fingerprint density at radius 1 is 1.57 bits per heavy atom. The first-order chi connectivity index (χ1) is 9.77. The highest BCUT2D eigenvalue weighted by atomic mass is 16.6. The van der Waals surface area contributed by atoms with E-state index in [9.17, 15) is 19.7 Å². The van der Waals surface area contributed by atoms with Gasteiger partial charge in [0.25, 0.3) is 11.6 Å². The zero-order chi connectivity index (χ0) is 16.2. The molecule has 114 valence electrons. The van der Waals surface area contributed by atoms with Crippen molar-refractivity contribution >= 4 is 23.4 Å². The first kappa shape index (κ1) is 16.3. The summed E-state index contributed by atoms with van der Waals surface area (Å²) in [4.78, 5) is 37.8. The number of carboxylic acid groups (broad SMARTS) is 1. The molecule has 0 aliphatic carbocycles. The number of rotatable bonds is 7. The number of nitrogens with zero attached hydrogens (tertiary/aromatic N) is 3. The third-order valence-corrected chi connectivity index (χ3v) is 2.93. The van der Waals surface area contributed by atoms with Gasteiger partial charge in [-0.25, -0.2) is 4.98 Å². The summed E-state index contributed by atoms with van der Waals surface area (Å²) in [6.07, 6.45) is 1.01. The first-order valence-electron chi connectivity index (χ1n) is 6.19. The highest BCUT2D eigenvalue weighted by Crippen LogP contribution is 2.23. The van der Waals surface area contributed by atoms with E-state index in [1.165, 1.54) is 6.92 Å². The maximum Gasteiger partial charge on any atom is 0.308 e. The number of nitrogens with two attached hydrogens (primary N) is 1. The summed E-state index contributed by atoms with van der Waals surface area (Å²) in [6.45, 7) is 3.75. The van der Waals surface area contributed by atoms with Gasteiger partial charge >= 0.3 is 5.97 Å². The molecule has 1 heterocycles. The van der Waals surface area contributed by atoms with Crippen LogP contribution in [-0.2, 0) is 4.79 Å².